The van der Waals surface area contributed by atoms with E-state index in [0.717, 1.165) is 34.5 Å². The molecule has 174 valence electrons. The van der Waals surface area contributed by atoms with Crippen LogP contribution in [0, 0.1) is 6.92 Å². The lowest BCUT2D eigenvalue weighted by Gasteiger charge is -2.16. The Kier molecular flexibility index (Phi) is 7.65. The third-order valence-electron chi connectivity index (χ3n) is 5.76. The van der Waals surface area contributed by atoms with Gasteiger partial charge in [0.2, 0.25) is 5.91 Å². The smallest absolute Gasteiger partial charge is 0.234 e. The Balaban J connectivity index is 1.61. The van der Waals surface area contributed by atoms with Gasteiger partial charge in [0.25, 0.3) is 0 Å². The third-order valence-corrected chi connectivity index (χ3v) is 7.10. The summed E-state index contributed by atoms with van der Waals surface area (Å²) >= 11 is 7.75. The molecule has 0 aliphatic rings. The molecule has 0 radical (unpaired) electrons. The zero-order valence-electron chi connectivity index (χ0n) is 19.3. The number of para-hydroxylation sites is 1. The van der Waals surface area contributed by atoms with Crippen molar-refractivity contribution in [2.75, 3.05) is 11.1 Å². The number of amides is 1. The van der Waals surface area contributed by atoms with Crippen molar-refractivity contribution in [2.24, 2.45) is 0 Å². The van der Waals surface area contributed by atoms with Gasteiger partial charge in [0.15, 0.2) is 11.0 Å². The molecule has 1 amide bonds. The van der Waals surface area contributed by atoms with Crippen LogP contribution in [0.15, 0.2) is 72.1 Å². The van der Waals surface area contributed by atoms with Gasteiger partial charge in [-0.05, 0) is 60.7 Å². The van der Waals surface area contributed by atoms with Gasteiger partial charge in [-0.15, -0.1) is 10.2 Å². The molecule has 0 fully saturated rings. The standard InChI is InChI=1S/C26H26ClN5OS/c1-4-17(2)20-8-5-6-10-22(20)29-24(33)16-34-26-31-30-25(19-12-14-28-15-13-19)32(26)23-11-7-9-21(27)18(23)3/h5-15,17H,4,16H2,1-3H3,(H,29,33). The van der Waals surface area contributed by atoms with Crippen molar-refractivity contribution in [2.45, 2.75) is 38.3 Å². The number of halogens is 1. The fraction of sp³-hybridized carbons (Fsp3) is 0.231. The zero-order chi connectivity index (χ0) is 24.1. The summed E-state index contributed by atoms with van der Waals surface area (Å²) in [5, 5.41) is 13.2. The summed E-state index contributed by atoms with van der Waals surface area (Å²) in [6, 6.07) is 17.4. The maximum atomic E-state index is 12.9. The number of hydrogen-bond donors (Lipinski definition) is 1. The van der Waals surface area contributed by atoms with Crippen LogP contribution in [0.4, 0.5) is 5.69 Å². The zero-order valence-corrected chi connectivity index (χ0v) is 20.9. The molecule has 4 aromatic rings. The van der Waals surface area contributed by atoms with Gasteiger partial charge in [-0.1, -0.05) is 61.5 Å². The Labute approximate surface area is 208 Å². The van der Waals surface area contributed by atoms with Crippen molar-refractivity contribution in [3.8, 4) is 17.1 Å². The molecule has 1 N–H and O–H groups in total. The summed E-state index contributed by atoms with van der Waals surface area (Å²) in [7, 11) is 0. The van der Waals surface area contributed by atoms with E-state index in [1.165, 1.54) is 11.8 Å². The van der Waals surface area contributed by atoms with E-state index in [2.05, 4.69) is 40.4 Å². The van der Waals surface area contributed by atoms with E-state index in [0.29, 0.717) is 21.9 Å². The lowest BCUT2D eigenvalue weighted by Crippen LogP contribution is -2.16. The van der Waals surface area contributed by atoms with Crippen molar-refractivity contribution in [3.63, 3.8) is 0 Å². The number of thioether (sulfide) groups is 1. The molecule has 2 heterocycles. The van der Waals surface area contributed by atoms with Crippen LogP contribution >= 0.6 is 23.4 Å². The molecule has 0 aliphatic carbocycles. The maximum Gasteiger partial charge on any atom is 0.234 e. The van der Waals surface area contributed by atoms with E-state index in [4.69, 9.17) is 11.6 Å². The highest BCUT2D eigenvalue weighted by Gasteiger charge is 2.20. The largest absolute Gasteiger partial charge is 0.325 e. The van der Waals surface area contributed by atoms with Gasteiger partial charge >= 0.3 is 0 Å². The Bertz CT molecular complexity index is 1290. The Morgan fingerprint density at radius 1 is 1.09 bits per heavy atom. The van der Waals surface area contributed by atoms with Gasteiger partial charge in [-0.25, -0.2) is 0 Å². The molecule has 2 aromatic heterocycles. The van der Waals surface area contributed by atoms with Gasteiger partial charge in [0.1, 0.15) is 0 Å². The molecule has 4 rings (SSSR count). The fourth-order valence-electron chi connectivity index (χ4n) is 3.68. The minimum Gasteiger partial charge on any atom is -0.325 e. The van der Waals surface area contributed by atoms with Crippen molar-refractivity contribution < 1.29 is 4.79 Å². The number of carbonyl (C=O) groups is 1. The average molecular weight is 492 g/mol. The van der Waals surface area contributed by atoms with Crippen LogP contribution in [0.2, 0.25) is 5.02 Å². The summed E-state index contributed by atoms with van der Waals surface area (Å²) in [5.41, 5.74) is 4.65. The first-order valence-electron chi connectivity index (χ1n) is 11.1. The highest BCUT2D eigenvalue weighted by molar-refractivity contribution is 7.99. The van der Waals surface area contributed by atoms with Crippen molar-refractivity contribution in [1.29, 1.82) is 0 Å². The third kappa shape index (κ3) is 5.16. The van der Waals surface area contributed by atoms with E-state index in [1.807, 2.05) is 60.0 Å². The normalized spacial score (nSPS) is 11.9. The van der Waals surface area contributed by atoms with Gasteiger partial charge in [-0.3, -0.25) is 14.3 Å². The highest BCUT2D eigenvalue weighted by atomic mass is 35.5. The Hall–Kier alpha value is -3.16. The van der Waals surface area contributed by atoms with Crippen molar-refractivity contribution >= 4 is 35.0 Å². The van der Waals surface area contributed by atoms with Crippen molar-refractivity contribution in [1.82, 2.24) is 19.7 Å². The molecule has 6 nitrogen and oxygen atoms in total. The fourth-order valence-corrected chi connectivity index (χ4v) is 4.60. The van der Waals surface area contributed by atoms with Crippen LogP contribution in [0.1, 0.15) is 37.3 Å². The summed E-state index contributed by atoms with van der Waals surface area (Å²) in [6.45, 7) is 6.27. The SMILES string of the molecule is CCC(C)c1ccccc1NC(=O)CSc1nnc(-c2ccncc2)n1-c1cccc(Cl)c1C. The van der Waals surface area contributed by atoms with Crippen molar-refractivity contribution in [3.05, 3.63) is 83.1 Å². The Morgan fingerprint density at radius 3 is 2.62 bits per heavy atom. The first-order valence-corrected chi connectivity index (χ1v) is 12.5. The predicted molar refractivity (Wildman–Crippen MR) is 139 cm³/mol. The number of carbonyl (C=O) groups excluding carboxylic acids is 1. The van der Waals surface area contributed by atoms with E-state index >= 15 is 0 Å². The van der Waals surface area contributed by atoms with Gasteiger partial charge < -0.3 is 5.32 Å². The predicted octanol–water partition coefficient (Wildman–Crippen LogP) is 6.54. The molecule has 0 spiro atoms. The molecule has 0 bridgehead atoms. The first kappa shape index (κ1) is 24.0. The molecule has 2 aromatic carbocycles. The molecular formula is C26H26ClN5OS. The molecule has 0 aliphatic heterocycles. The molecule has 34 heavy (non-hydrogen) atoms. The second-order valence-corrected chi connectivity index (χ2v) is 9.34. The maximum absolute atomic E-state index is 12.9. The van der Waals surface area contributed by atoms with Gasteiger partial charge in [0, 0.05) is 28.7 Å². The topological polar surface area (TPSA) is 72.7 Å². The molecule has 1 atom stereocenters. The lowest BCUT2D eigenvalue weighted by molar-refractivity contribution is -0.113. The second-order valence-electron chi connectivity index (χ2n) is 7.99. The van der Waals surface area contributed by atoms with Crippen LogP contribution in [0.5, 0.6) is 0 Å². The number of hydrogen-bond acceptors (Lipinski definition) is 5. The van der Waals surface area contributed by atoms with Crippen LogP contribution in [-0.2, 0) is 4.79 Å². The first-order chi connectivity index (χ1) is 16.5. The van der Waals surface area contributed by atoms with Crippen LogP contribution in [0.25, 0.3) is 17.1 Å². The van der Waals surface area contributed by atoms with E-state index in [1.54, 1.807) is 12.4 Å². The van der Waals surface area contributed by atoms with E-state index < -0.39 is 0 Å². The minimum absolute atomic E-state index is 0.0939. The van der Waals surface area contributed by atoms with Crippen LogP contribution in [-0.4, -0.2) is 31.4 Å². The summed E-state index contributed by atoms with van der Waals surface area (Å²) in [5.74, 6) is 1.13. The number of anilines is 1. The quantitative estimate of drug-likeness (QED) is 0.283. The number of nitrogens with one attached hydrogen (secondary N) is 1. The van der Waals surface area contributed by atoms with Gasteiger partial charge in [0.05, 0.1) is 11.4 Å². The molecule has 1 unspecified atom stereocenters. The number of aromatic nitrogens is 4. The molecule has 0 saturated heterocycles. The average Bonchev–Trinajstić information content (AvgIpc) is 3.28. The van der Waals surface area contributed by atoms with Crippen LogP contribution < -0.4 is 5.32 Å². The molecular weight excluding hydrogens is 466 g/mol. The van der Waals surface area contributed by atoms with E-state index in [9.17, 15) is 4.79 Å². The number of nitrogens with zero attached hydrogens (tertiary/aromatic N) is 4. The number of rotatable bonds is 8. The monoisotopic (exact) mass is 491 g/mol. The highest BCUT2D eigenvalue weighted by Crippen LogP contribution is 2.32. The van der Waals surface area contributed by atoms with E-state index in [-0.39, 0.29) is 11.7 Å². The van der Waals surface area contributed by atoms with Crippen LogP contribution in [0.3, 0.4) is 0 Å². The summed E-state index contributed by atoms with van der Waals surface area (Å²) < 4.78 is 1.95. The number of benzene rings is 2. The van der Waals surface area contributed by atoms with Gasteiger partial charge in [-0.2, -0.15) is 0 Å². The molecule has 8 heteroatoms. The minimum atomic E-state index is -0.0939. The summed E-state index contributed by atoms with van der Waals surface area (Å²) in [6.07, 6.45) is 4.43. The molecule has 0 saturated carbocycles. The second kappa shape index (κ2) is 10.8. The lowest BCUT2D eigenvalue weighted by atomic mass is 9.97. The number of pyridine rings is 1. The Morgan fingerprint density at radius 2 is 1.85 bits per heavy atom. The summed E-state index contributed by atoms with van der Waals surface area (Å²) in [4.78, 5) is 17.0.